The van der Waals surface area contributed by atoms with Crippen LogP contribution in [0.25, 0.3) is 0 Å². The van der Waals surface area contributed by atoms with Crippen LogP contribution in [0, 0.1) is 0 Å². The summed E-state index contributed by atoms with van der Waals surface area (Å²) in [4.78, 5) is 10.6. The van der Waals surface area contributed by atoms with Crippen molar-refractivity contribution in [1.82, 2.24) is 0 Å². The largest absolute Gasteiger partial charge is 0.383 e. The predicted octanol–water partition coefficient (Wildman–Crippen LogP) is 1.50. The zero-order chi connectivity index (χ0) is 10.7. The second kappa shape index (κ2) is 4.13. The molecule has 0 amide bonds. The predicted molar refractivity (Wildman–Crippen MR) is 55.8 cm³/mol. The Kier molecular flexibility index (Phi) is 2.84. The lowest BCUT2D eigenvalue weighted by molar-refractivity contribution is -0.0902. The summed E-state index contributed by atoms with van der Waals surface area (Å²) in [6.07, 6.45) is 2.33. The van der Waals surface area contributed by atoms with Crippen LogP contribution in [0.1, 0.15) is 28.8 Å². The summed E-state index contributed by atoms with van der Waals surface area (Å²) in [5.41, 5.74) is 0.440. The van der Waals surface area contributed by atoms with E-state index in [1.807, 2.05) is 6.07 Å². The fourth-order valence-corrected chi connectivity index (χ4v) is 1.91. The zero-order valence-electron chi connectivity index (χ0n) is 8.48. The quantitative estimate of drug-likeness (QED) is 0.746. The van der Waals surface area contributed by atoms with E-state index in [0.29, 0.717) is 25.2 Å². The molecule has 2 rings (SSSR count). The van der Waals surface area contributed by atoms with Gasteiger partial charge in [0.2, 0.25) is 0 Å². The Morgan fingerprint density at radius 3 is 3.00 bits per heavy atom. The van der Waals surface area contributed by atoms with Gasteiger partial charge in [-0.3, -0.25) is 4.79 Å². The molecule has 1 heterocycles. The highest BCUT2D eigenvalue weighted by Crippen LogP contribution is 2.30. The first-order valence-electron chi connectivity index (χ1n) is 5.10. The molecule has 1 aromatic carbocycles. The van der Waals surface area contributed by atoms with Crippen LogP contribution in [0.3, 0.4) is 0 Å². The average Bonchev–Trinajstić information content (AvgIpc) is 2.30. The molecule has 80 valence electrons. The number of aliphatic hydroxyl groups is 1. The van der Waals surface area contributed by atoms with Crippen molar-refractivity contribution in [3.8, 4) is 0 Å². The van der Waals surface area contributed by atoms with Gasteiger partial charge in [0, 0.05) is 12.2 Å². The molecule has 0 saturated carbocycles. The Balaban J connectivity index is 2.30. The Morgan fingerprint density at radius 1 is 1.47 bits per heavy atom. The van der Waals surface area contributed by atoms with Gasteiger partial charge in [-0.15, -0.1) is 0 Å². The highest BCUT2D eigenvalue weighted by atomic mass is 16.5. The van der Waals surface area contributed by atoms with Gasteiger partial charge in [-0.2, -0.15) is 0 Å². The topological polar surface area (TPSA) is 46.5 Å². The van der Waals surface area contributed by atoms with E-state index in [9.17, 15) is 9.90 Å². The molecule has 3 heteroatoms. The number of ether oxygens (including phenoxy) is 1. The number of aldehydes is 1. The van der Waals surface area contributed by atoms with Crippen LogP contribution < -0.4 is 0 Å². The lowest BCUT2D eigenvalue weighted by Gasteiger charge is -2.32. The second-order valence-corrected chi connectivity index (χ2v) is 3.93. The molecule has 1 saturated heterocycles. The van der Waals surface area contributed by atoms with Gasteiger partial charge in [-0.1, -0.05) is 18.2 Å². The van der Waals surface area contributed by atoms with Crippen molar-refractivity contribution < 1.29 is 14.6 Å². The van der Waals surface area contributed by atoms with Crippen molar-refractivity contribution in [2.45, 2.75) is 18.4 Å². The first kappa shape index (κ1) is 10.3. The number of benzene rings is 1. The maximum atomic E-state index is 10.6. The van der Waals surface area contributed by atoms with Crippen molar-refractivity contribution >= 4 is 6.29 Å². The normalized spacial score (nSPS) is 26.2. The summed E-state index contributed by atoms with van der Waals surface area (Å²) in [7, 11) is 0. The molecule has 1 unspecified atom stereocenters. The SMILES string of the molecule is O=Cc1cccc(C2(O)CCCOC2)c1. The maximum absolute atomic E-state index is 10.6. The molecular weight excluding hydrogens is 192 g/mol. The molecule has 0 spiro atoms. The van der Waals surface area contributed by atoms with Crippen LogP contribution in [0.5, 0.6) is 0 Å². The fraction of sp³-hybridized carbons (Fsp3) is 0.417. The average molecular weight is 206 g/mol. The highest BCUT2D eigenvalue weighted by molar-refractivity contribution is 5.75. The summed E-state index contributed by atoms with van der Waals surface area (Å²) in [5.74, 6) is 0. The summed E-state index contributed by atoms with van der Waals surface area (Å²) in [5, 5.41) is 10.3. The third kappa shape index (κ3) is 2.08. The minimum Gasteiger partial charge on any atom is -0.383 e. The fourth-order valence-electron chi connectivity index (χ4n) is 1.91. The Labute approximate surface area is 88.7 Å². The number of carbonyl (C=O) groups is 1. The minimum atomic E-state index is -0.919. The molecule has 15 heavy (non-hydrogen) atoms. The Bertz CT molecular complexity index is 354. The van der Waals surface area contributed by atoms with Gasteiger partial charge in [-0.25, -0.2) is 0 Å². The molecule has 1 fully saturated rings. The van der Waals surface area contributed by atoms with Gasteiger partial charge in [0.1, 0.15) is 11.9 Å². The number of rotatable bonds is 2. The van der Waals surface area contributed by atoms with Crippen molar-refractivity contribution in [3.63, 3.8) is 0 Å². The van der Waals surface area contributed by atoms with E-state index in [4.69, 9.17) is 4.74 Å². The molecule has 1 aromatic rings. The molecule has 1 N–H and O–H groups in total. The van der Waals surface area contributed by atoms with Crippen molar-refractivity contribution in [1.29, 1.82) is 0 Å². The third-order valence-electron chi connectivity index (χ3n) is 2.78. The highest BCUT2D eigenvalue weighted by Gasteiger charge is 2.32. The summed E-state index contributed by atoms with van der Waals surface area (Å²) < 4.78 is 5.27. The molecule has 1 aliphatic heterocycles. The lowest BCUT2D eigenvalue weighted by Crippen LogP contribution is -2.35. The van der Waals surface area contributed by atoms with Crippen LogP contribution in [-0.4, -0.2) is 24.6 Å². The van der Waals surface area contributed by atoms with Gasteiger partial charge in [0.25, 0.3) is 0 Å². The maximum Gasteiger partial charge on any atom is 0.150 e. The summed E-state index contributed by atoms with van der Waals surface area (Å²) in [6.45, 7) is 1.02. The van der Waals surface area contributed by atoms with Gasteiger partial charge >= 0.3 is 0 Å². The van der Waals surface area contributed by atoms with Gasteiger partial charge in [0.05, 0.1) is 6.61 Å². The molecule has 1 aliphatic rings. The van der Waals surface area contributed by atoms with Crippen LogP contribution in [0.4, 0.5) is 0 Å². The third-order valence-corrected chi connectivity index (χ3v) is 2.78. The number of hydrogen-bond acceptors (Lipinski definition) is 3. The Morgan fingerprint density at radius 2 is 2.33 bits per heavy atom. The molecule has 0 radical (unpaired) electrons. The van der Waals surface area contributed by atoms with Crippen LogP contribution in [0.2, 0.25) is 0 Å². The zero-order valence-corrected chi connectivity index (χ0v) is 8.48. The summed E-state index contributed by atoms with van der Waals surface area (Å²) in [6, 6.07) is 7.07. The number of hydrogen-bond donors (Lipinski definition) is 1. The first-order valence-corrected chi connectivity index (χ1v) is 5.10. The van der Waals surface area contributed by atoms with Crippen molar-refractivity contribution in [3.05, 3.63) is 35.4 Å². The molecule has 0 aliphatic carbocycles. The molecule has 0 bridgehead atoms. The van der Waals surface area contributed by atoms with Crippen molar-refractivity contribution in [2.75, 3.05) is 13.2 Å². The van der Waals surface area contributed by atoms with Gasteiger partial charge in [0.15, 0.2) is 0 Å². The van der Waals surface area contributed by atoms with E-state index in [1.54, 1.807) is 18.2 Å². The van der Waals surface area contributed by atoms with Gasteiger partial charge < -0.3 is 9.84 Å². The molecule has 1 atom stereocenters. The smallest absolute Gasteiger partial charge is 0.150 e. The monoisotopic (exact) mass is 206 g/mol. The van der Waals surface area contributed by atoms with Crippen LogP contribution in [-0.2, 0) is 10.3 Å². The standard InChI is InChI=1S/C12H14O3/c13-8-10-3-1-4-11(7-10)12(14)5-2-6-15-9-12/h1,3-4,7-8,14H,2,5-6,9H2. The van der Waals surface area contributed by atoms with Gasteiger partial charge in [-0.05, 0) is 24.5 Å². The Hall–Kier alpha value is -1.19. The van der Waals surface area contributed by atoms with Crippen LogP contribution in [0.15, 0.2) is 24.3 Å². The second-order valence-electron chi connectivity index (χ2n) is 3.93. The number of carbonyl (C=O) groups excluding carboxylic acids is 1. The minimum absolute atomic E-state index is 0.315. The molecular formula is C12H14O3. The van der Waals surface area contributed by atoms with E-state index < -0.39 is 5.60 Å². The van der Waals surface area contributed by atoms with E-state index in [1.165, 1.54) is 0 Å². The van der Waals surface area contributed by atoms with E-state index in [-0.39, 0.29) is 0 Å². The summed E-state index contributed by atoms with van der Waals surface area (Å²) >= 11 is 0. The van der Waals surface area contributed by atoms with Crippen LogP contribution >= 0.6 is 0 Å². The first-order chi connectivity index (χ1) is 7.24. The lowest BCUT2D eigenvalue weighted by atomic mass is 9.88. The van der Waals surface area contributed by atoms with E-state index >= 15 is 0 Å². The molecule has 0 aromatic heterocycles. The molecule has 3 nitrogen and oxygen atoms in total. The van der Waals surface area contributed by atoms with E-state index in [2.05, 4.69) is 0 Å². The van der Waals surface area contributed by atoms with Crippen molar-refractivity contribution in [2.24, 2.45) is 0 Å². The van der Waals surface area contributed by atoms with E-state index in [0.717, 1.165) is 18.3 Å².